The van der Waals surface area contributed by atoms with E-state index in [9.17, 15) is 4.79 Å². The summed E-state index contributed by atoms with van der Waals surface area (Å²) in [5, 5.41) is 0. The molecule has 0 radical (unpaired) electrons. The number of imidazole rings is 2. The smallest absolute Gasteiger partial charge is 0.263 e. The molecule has 37 heavy (non-hydrogen) atoms. The van der Waals surface area contributed by atoms with Crippen molar-refractivity contribution in [3.63, 3.8) is 0 Å². The summed E-state index contributed by atoms with van der Waals surface area (Å²) in [5.74, 6) is -0.271. The van der Waals surface area contributed by atoms with Gasteiger partial charge in [0.1, 0.15) is 11.8 Å². The van der Waals surface area contributed by atoms with Crippen LogP contribution in [0.15, 0.2) is 90.1 Å². The molecule has 1 unspecified atom stereocenters. The average Bonchev–Trinajstić information content (AvgIpc) is 3.50. The highest BCUT2D eigenvalue weighted by Crippen LogP contribution is 2.45. The van der Waals surface area contributed by atoms with Crippen molar-refractivity contribution in [1.29, 1.82) is 0 Å². The Hall–Kier alpha value is -3.85. The number of hydrogen-bond acceptors (Lipinski definition) is 5. The molecule has 1 aliphatic carbocycles. The van der Waals surface area contributed by atoms with Crippen LogP contribution in [-0.2, 0) is 4.79 Å². The summed E-state index contributed by atoms with van der Waals surface area (Å²) < 4.78 is 4.08. The van der Waals surface area contributed by atoms with Crippen LogP contribution < -0.4 is 5.43 Å². The maximum absolute atomic E-state index is 12.5. The van der Waals surface area contributed by atoms with Crippen molar-refractivity contribution in [2.24, 2.45) is 5.41 Å². The molecular weight excluding hydrogens is 482 g/mol. The SMILES string of the molecule is CC1=C(/C=C/C(C)=C/C=C/C(C)=C/C(=O)Nn2cnc3c(=S)nc[nH]c32)C(C)(C)CCC1n1ccnc1. The van der Waals surface area contributed by atoms with Crippen molar-refractivity contribution in [3.05, 3.63) is 94.8 Å². The summed E-state index contributed by atoms with van der Waals surface area (Å²) in [4.78, 5) is 27.8. The second kappa shape index (κ2) is 11.0. The van der Waals surface area contributed by atoms with Gasteiger partial charge >= 0.3 is 0 Å². The highest BCUT2D eigenvalue weighted by atomic mass is 32.1. The van der Waals surface area contributed by atoms with E-state index in [1.807, 2.05) is 43.9 Å². The van der Waals surface area contributed by atoms with Crippen LogP contribution in [-0.4, -0.2) is 35.1 Å². The largest absolute Gasteiger partial charge is 0.330 e. The van der Waals surface area contributed by atoms with Gasteiger partial charge < -0.3 is 9.55 Å². The molecule has 3 aromatic rings. The van der Waals surface area contributed by atoms with Crippen LogP contribution in [0.25, 0.3) is 11.2 Å². The maximum Gasteiger partial charge on any atom is 0.263 e. The number of nitrogens with one attached hydrogen (secondary N) is 2. The molecule has 8 nitrogen and oxygen atoms in total. The number of amides is 1. The van der Waals surface area contributed by atoms with Crippen molar-refractivity contribution >= 4 is 29.3 Å². The summed E-state index contributed by atoms with van der Waals surface area (Å²) in [6, 6.07) is 0.353. The summed E-state index contributed by atoms with van der Waals surface area (Å²) in [6.45, 7) is 10.8. The van der Waals surface area contributed by atoms with Crippen molar-refractivity contribution in [1.82, 2.24) is 29.2 Å². The van der Waals surface area contributed by atoms with Crippen molar-refractivity contribution < 1.29 is 4.79 Å². The van der Waals surface area contributed by atoms with Crippen LogP contribution in [0.3, 0.4) is 0 Å². The highest BCUT2D eigenvalue weighted by Gasteiger charge is 2.32. The molecule has 1 atom stereocenters. The first kappa shape index (κ1) is 26.2. The monoisotopic (exact) mass is 515 g/mol. The van der Waals surface area contributed by atoms with Crippen LogP contribution >= 0.6 is 12.2 Å². The summed E-state index contributed by atoms with van der Waals surface area (Å²) in [5.41, 5.74) is 8.73. The van der Waals surface area contributed by atoms with E-state index in [4.69, 9.17) is 12.2 Å². The number of carbonyl (C=O) groups is 1. The molecule has 1 amide bonds. The van der Waals surface area contributed by atoms with Crippen LogP contribution in [0.5, 0.6) is 0 Å². The molecule has 3 aromatic heterocycles. The van der Waals surface area contributed by atoms with Gasteiger partial charge in [-0.3, -0.25) is 10.2 Å². The van der Waals surface area contributed by atoms with E-state index in [1.165, 1.54) is 34.6 Å². The van der Waals surface area contributed by atoms with Gasteiger partial charge in [-0.1, -0.05) is 62.0 Å². The lowest BCUT2D eigenvalue weighted by Crippen LogP contribution is -2.25. The van der Waals surface area contributed by atoms with Gasteiger partial charge in [0.2, 0.25) is 0 Å². The zero-order chi connectivity index (χ0) is 26.6. The normalized spacial score (nSPS) is 18.9. The lowest BCUT2D eigenvalue weighted by Gasteiger charge is -2.37. The minimum Gasteiger partial charge on any atom is -0.330 e. The van der Waals surface area contributed by atoms with Crippen molar-refractivity contribution in [2.75, 3.05) is 5.43 Å². The van der Waals surface area contributed by atoms with Gasteiger partial charge in [0.15, 0.2) is 10.3 Å². The first-order valence-corrected chi connectivity index (χ1v) is 12.7. The van der Waals surface area contributed by atoms with E-state index in [-0.39, 0.29) is 11.3 Å². The van der Waals surface area contributed by atoms with Crippen LogP contribution in [0.4, 0.5) is 0 Å². The average molecular weight is 516 g/mol. The van der Waals surface area contributed by atoms with E-state index < -0.39 is 0 Å². The van der Waals surface area contributed by atoms with Gasteiger partial charge in [-0.15, -0.1) is 0 Å². The molecule has 2 N–H and O–H groups in total. The molecule has 9 heteroatoms. The minimum atomic E-state index is -0.271. The number of hydrogen-bond donors (Lipinski definition) is 2. The third-order valence-electron chi connectivity index (χ3n) is 6.76. The quantitative estimate of drug-likeness (QED) is 0.224. The Morgan fingerprint density at radius 3 is 2.78 bits per heavy atom. The lowest BCUT2D eigenvalue weighted by molar-refractivity contribution is -0.112. The molecule has 0 bridgehead atoms. The number of fused-ring (bicyclic) bond motifs is 1. The maximum atomic E-state index is 12.5. The molecular formula is C28H33N7OS. The number of carbonyl (C=O) groups excluding carboxylic acids is 1. The van der Waals surface area contributed by atoms with E-state index in [0.717, 1.165) is 24.0 Å². The Bertz CT molecular complexity index is 1500. The first-order valence-electron chi connectivity index (χ1n) is 12.3. The molecule has 0 spiro atoms. The van der Waals surface area contributed by atoms with Crippen molar-refractivity contribution in [2.45, 2.75) is 53.5 Å². The highest BCUT2D eigenvalue weighted by molar-refractivity contribution is 7.71. The fourth-order valence-corrected chi connectivity index (χ4v) is 4.92. The Kier molecular flexibility index (Phi) is 7.83. The molecule has 0 saturated carbocycles. The Morgan fingerprint density at radius 2 is 2.03 bits per heavy atom. The van der Waals surface area contributed by atoms with Gasteiger partial charge in [0, 0.05) is 18.5 Å². The zero-order valence-electron chi connectivity index (χ0n) is 21.9. The molecule has 0 aliphatic heterocycles. The van der Waals surface area contributed by atoms with Gasteiger partial charge in [-0.2, -0.15) is 0 Å². The molecule has 0 fully saturated rings. The van der Waals surface area contributed by atoms with Gasteiger partial charge in [-0.25, -0.2) is 19.6 Å². The predicted octanol–water partition coefficient (Wildman–Crippen LogP) is 6.14. The predicted molar refractivity (Wildman–Crippen MR) is 150 cm³/mol. The second-order valence-corrected chi connectivity index (χ2v) is 10.4. The standard InChI is InChI=1S/C28H33N7OS/c1-19(9-10-22-21(3)23(11-12-28(22,4)5)34-14-13-29-17-34)7-6-8-20(2)15-24(36)33-35-18-32-25-26(35)30-16-31-27(25)37/h6-10,13-18,23H,11-12H2,1-5H3,(H,33,36)(H,30,31,37)/b8-6+,10-9+,19-7+,20-15+. The summed E-state index contributed by atoms with van der Waals surface area (Å²) in [7, 11) is 0. The number of aromatic amines is 1. The summed E-state index contributed by atoms with van der Waals surface area (Å²) in [6.07, 6.45) is 22.9. The third-order valence-corrected chi connectivity index (χ3v) is 7.05. The van der Waals surface area contributed by atoms with Crippen LogP contribution in [0, 0.1) is 10.1 Å². The molecule has 0 aromatic carbocycles. The number of aromatic nitrogens is 6. The molecule has 0 saturated heterocycles. The Balaban J connectivity index is 1.42. The Labute approximate surface area is 222 Å². The molecule has 3 heterocycles. The molecule has 1 aliphatic rings. The van der Waals surface area contributed by atoms with Gasteiger partial charge in [0.25, 0.3) is 5.91 Å². The van der Waals surface area contributed by atoms with E-state index >= 15 is 0 Å². The molecule has 4 rings (SSSR count). The number of nitrogens with zero attached hydrogens (tertiary/aromatic N) is 5. The lowest BCUT2D eigenvalue weighted by atomic mass is 9.71. The van der Waals surface area contributed by atoms with E-state index in [0.29, 0.717) is 21.8 Å². The van der Waals surface area contributed by atoms with Crippen LogP contribution in [0.1, 0.15) is 53.5 Å². The van der Waals surface area contributed by atoms with E-state index in [2.05, 4.69) is 69.8 Å². The third kappa shape index (κ3) is 6.11. The first-order chi connectivity index (χ1) is 17.7. The molecule has 192 valence electrons. The minimum absolute atomic E-state index is 0.127. The Morgan fingerprint density at radius 1 is 1.22 bits per heavy atom. The van der Waals surface area contributed by atoms with Crippen LogP contribution in [0.2, 0.25) is 0 Å². The topological polar surface area (TPSA) is 93.4 Å². The number of rotatable bonds is 7. The number of allylic oxidation sites excluding steroid dienone is 9. The fraction of sp³-hybridized carbons (Fsp3) is 0.321. The zero-order valence-corrected chi connectivity index (χ0v) is 22.7. The van der Waals surface area contributed by atoms with Gasteiger partial charge in [-0.05, 0) is 55.7 Å². The second-order valence-electron chi connectivity index (χ2n) is 10.0. The summed E-state index contributed by atoms with van der Waals surface area (Å²) >= 11 is 5.16. The van der Waals surface area contributed by atoms with Gasteiger partial charge in [0.05, 0.1) is 18.7 Å². The fourth-order valence-electron chi connectivity index (χ4n) is 4.71. The number of H-pyrrole nitrogens is 1. The van der Waals surface area contributed by atoms with Crippen molar-refractivity contribution in [3.8, 4) is 0 Å². The van der Waals surface area contributed by atoms with E-state index in [1.54, 1.807) is 0 Å².